The van der Waals surface area contributed by atoms with Crippen molar-refractivity contribution in [2.75, 3.05) is 0 Å². The summed E-state index contributed by atoms with van der Waals surface area (Å²) in [4.78, 5) is 27.4. The molecule has 0 aliphatic carbocycles. The highest BCUT2D eigenvalue weighted by Crippen LogP contribution is 2.28. The first kappa shape index (κ1) is 17.8. The molecule has 2 aromatic rings. The molecule has 4 nitrogen and oxygen atoms in total. The number of aromatic carboxylic acids is 1. The van der Waals surface area contributed by atoms with Crippen LogP contribution in [0.1, 0.15) is 59.9 Å². The number of hydrogen-bond donors (Lipinski definition) is 2. The monoisotopic (exact) mass is 335 g/mol. The van der Waals surface area contributed by atoms with E-state index in [1.54, 1.807) is 6.92 Å². The van der Waals surface area contributed by atoms with Crippen LogP contribution in [0.15, 0.2) is 29.1 Å². The van der Waals surface area contributed by atoms with Crippen LogP contribution in [0, 0.1) is 6.92 Å². The lowest BCUT2D eigenvalue weighted by molar-refractivity contribution is 0.0693. The molecule has 0 aliphatic rings. The summed E-state index contributed by atoms with van der Waals surface area (Å²) in [5, 5.41) is 9.46. The average Bonchev–Trinajstić information content (AvgIpc) is 2.53. The fourth-order valence-electron chi connectivity index (χ4n) is 2.71. The average molecular weight is 335 g/mol. The van der Waals surface area contributed by atoms with Gasteiger partial charge in [0.1, 0.15) is 5.56 Å². The Labute approximate surface area is 138 Å². The highest BCUT2D eigenvalue weighted by molar-refractivity contribution is 5.91. The number of carboxylic acids is 1. The van der Waals surface area contributed by atoms with Gasteiger partial charge in [-0.2, -0.15) is 0 Å². The van der Waals surface area contributed by atoms with Gasteiger partial charge in [-0.25, -0.2) is 13.6 Å². The summed E-state index contributed by atoms with van der Waals surface area (Å²) < 4.78 is 25.8. The number of alkyl halides is 2. The SMILES string of the molecule is CCC(C)c1[nH]c(C)c(-c2cccc(C(F)F)c2)c(=O)c1C(=O)O. The molecule has 0 aliphatic heterocycles. The number of H-pyrrole nitrogens is 1. The molecule has 0 saturated carbocycles. The summed E-state index contributed by atoms with van der Waals surface area (Å²) in [7, 11) is 0. The minimum atomic E-state index is -2.66. The van der Waals surface area contributed by atoms with Crippen LogP contribution in [0.5, 0.6) is 0 Å². The van der Waals surface area contributed by atoms with Gasteiger partial charge < -0.3 is 10.1 Å². The van der Waals surface area contributed by atoms with Gasteiger partial charge in [0.25, 0.3) is 6.43 Å². The molecule has 1 heterocycles. The Morgan fingerprint density at radius 3 is 2.54 bits per heavy atom. The minimum absolute atomic E-state index is 0.113. The van der Waals surface area contributed by atoms with Gasteiger partial charge in [0, 0.05) is 22.5 Å². The van der Waals surface area contributed by atoms with Gasteiger partial charge in [0.2, 0.25) is 5.43 Å². The molecule has 0 fully saturated rings. The van der Waals surface area contributed by atoms with Crippen LogP contribution < -0.4 is 5.43 Å². The summed E-state index contributed by atoms with van der Waals surface area (Å²) in [5.74, 6) is -1.46. The summed E-state index contributed by atoms with van der Waals surface area (Å²) in [6.45, 7) is 5.36. The van der Waals surface area contributed by atoms with E-state index in [1.165, 1.54) is 24.3 Å². The van der Waals surface area contributed by atoms with E-state index < -0.39 is 17.8 Å². The van der Waals surface area contributed by atoms with Gasteiger partial charge in [-0.3, -0.25) is 4.79 Å². The van der Waals surface area contributed by atoms with Crippen molar-refractivity contribution in [2.45, 2.75) is 39.5 Å². The predicted octanol–water partition coefficient (Wildman–Crippen LogP) is 4.50. The van der Waals surface area contributed by atoms with Crippen molar-refractivity contribution in [1.82, 2.24) is 4.98 Å². The maximum Gasteiger partial charge on any atom is 0.341 e. The Bertz CT molecular complexity index is 827. The van der Waals surface area contributed by atoms with Crippen LogP contribution in [0.25, 0.3) is 11.1 Å². The number of aromatic amines is 1. The maximum atomic E-state index is 12.9. The zero-order chi connectivity index (χ0) is 18.0. The normalized spacial score (nSPS) is 12.4. The number of benzene rings is 1. The molecule has 0 saturated heterocycles. The van der Waals surface area contributed by atoms with Crippen molar-refractivity contribution in [3.05, 3.63) is 57.0 Å². The van der Waals surface area contributed by atoms with E-state index in [4.69, 9.17) is 0 Å². The third-order valence-electron chi connectivity index (χ3n) is 4.17. The number of aromatic nitrogens is 1. The number of nitrogens with one attached hydrogen (secondary N) is 1. The first-order valence-corrected chi connectivity index (χ1v) is 7.66. The molecule has 1 unspecified atom stereocenters. The van der Waals surface area contributed by atoms with E-state index >= 15 is 0 Å². The van der Waals surface area contributed by atoms with E-state index in [2.05, 4.69) is 4.98 Å². The zero-order valence-corrected chi connectivity index (χ0v) is 13.7. The van der Waals surface area contributed by atoms with Crippen molar-refractivity contribution in [1.29, 1.82) is 0 Å². The number of carboxylic acid groups (broad SMARTS) is 1. The van der Waals surface area contributed by atoms with Gasteiger partial charge in [0.15, 0.2) is 0 Å². The second-order valence-electron chi connectivity index (χ2n) is 5.78. The van der Waals surface area contributed by atoms with E-state index in [0.717, 1.165) is 0 Å². The smallest absolute Gasteiger partial charge is 0.341 e. The molecule has 0 bridgehead atoms. The number of hydrogen-bond acceptors (Lipinski definition) is 2. The molecule has 0 radical (unpaired) electrons. The molecule has 24 heavy (non-hydrogen) atoms. The molecule has 6 heteroatoms. The molecule has 0 spiro atoms. The maximum absolute atomic E-state index is 12.9. The van der Waals surface area contributed by atoms with E-state index in [0.29, 0.717) is 17.8 Å². The molecule has 2 N–H and O–H groups in total. The Balaban J connectivity index is 2.77. The largest absolute Gasteiger partial charge is 0.477 e. The number of carbonyl (C=O) groups is 1. The first-order chi connectivity index (χ1) is 11.3. The molecule has 2 rings (SSSR count). The van der Waals surface area contributed by atoms with Crippen molar-refractivity contribution in [3.63, 3.8) is 0 Å². The van der Waals surface area contributed by atoms with Crippen LogP contribution in [0.4, 0.5) is 8.78 Å². The van der Waals surface area contributed by atoms with E-state index in [-0.39, 0.29) is 28.2 Å². The van der Waals surface area contributed by atoms with Crippen molar-refractivity contribution in [2.24, 2.45) is 0 Å². The number of aryl methyl sites for hydroxylation is 1. The lowest BCUT2D eigenvalue weighted by atomic mass is 9.93. The van der Waals surface area contributed by atoms with Crippen LogP contribution in [0.2, 0.25) is 0 Å². The molecular formula is C18H19F2NO3. The van der Waals surface area contributed by atoms with Crippen molar-refractivity contribution in [3.8, 4) is 11.1 Å². The predicted molar refractivity (Wildman–Crippen MR) is 87.9 cm³/mol. The molecular weight excluding hydrogens is 316 g/mol. The van der Waals surface area contributed by atoms with Crippen LogP contribution >= 0.6 is 0 Å². The van der Waals surface area contributed by atoms with Crippen molar-refractivity contribution < 1.29 is 18.7 Å². The summed E-state index contributed by atoms with van der Waals surface area (Å²) >= 11 is 0. The summed E-state index contributed by atoms with van der Waals surface area (Å²) in [6, 6.07) is 5.44. The van der Waals surface area contributed by atoms with Gasteiger partial charge in [-0.1, -0.05) is 32.0 Å². The number of pyridine rings is 1. The molecule has 1 aromatic carbocycles. The number of rotatable bonds is 5. The van der Waals surface area contributed by atoms with E-state index in [1.807, 2.05) is 13.8 Å². The van der Waals surface area contributed by atoms with Gasteiger partial charge in [0.05, 0.1) is 0 Å². The second-order valence-corrected chi connectivity index (χ2v) is 5.78. The highest BCUT2D eigenvalue weighted by Gasteiger charge is 2.24. The summed E-state index contributed by atoms with van der Waals surface area (Å²) in [5.41, 5.74) is 0.0294. The molecule has 1 atom stereocenters. The summed E-state index contributed by atoms with van der Waals surface area (Å²) in [6.07, 6.45) is -2.00. The van der Waals surface area contributed by atoms with Gasteiger partial charge in [-0.15, -0.1) is 0 Å². The Kier molecular flexibility index (Phi) is 5.17. The zero-order valence-electron chi connectivity index (χ0n) is 13.7. The quantitative estimate of drug-likeness (QED) is 0.845. The molecule has 1 aromatic heterocycles. The minimum Gasteiger partial charge on any atom is -0.477 e. The van der Waals surface area contributed by atoms with Gasteiger partial charge >= 0.3 is 5.97 Å². The first-order valence-electron chi connectivity index (χ1n) is 7.66. The Morgan fingerprint density at radius 1 is 1.33 bits per heavy atom. The van der Waals surface area contributed by atoms with Crippen LogP contribution in [-0.2, 0) is 0 Å². The Hall–Kier alpha value is -2.50. The van der Waals surface area contributed by atoms with E-state index in [9.17, 15) is 23.5 Å². The molecule has 0 amide bonds. The fourth-order valence-corrected chi connectivity index (χ4v) is 2.71. The Morgan fingerprint density at radius 2 is 2.00 bits per heavy atom. The second kappa shape index (κ2) is 6.95. The van der Waals surface area contributed by atoms with Crippen LogP contribution in [-0.4, -0.2) is 16.1 Å². The fraction of sp³-hybridized carbons (Fsp3) is 0.333. The molecule has 128 valence electrons. The topological polar surface area (TPSA) is 70.2 Å². The van der Waals surface area contributed by atoms with Crippen molar-refractivity contribution >= 4 is 5.97 Å². The third-order valence-corrected chi connectivity index (χ3v) is 4.17. The third kappa shape index (κ3) is 3.22. The van der Waals surface area contributed by atoms with Gasteiger partial charge in [-0.05, 0) is 30.9 Å². The standard InChI is InChI=1S/C18H19F2NO3/c1-4-9(2)15-14(18(23)24)16(22)13(10(3)21-15)11-6-5-7-12(8-11)17(19)20/h5-9,17H,4H2,1-3H3,(H,21,22)(H,23,24). The van der Waals surface area contributed by atoms with Crippen LogP contribution in [0.3, 0.4) is 0 Å². The number of halogens is 2. The lowest BCUT2D eigenvalue weighted by Crippen LogP contribution is -2.23. The highest BCUT2D eigenvalue weighted by atomic mass is 19.3. The lowest BCUT2D eigenvalue weighted by Gasteiger charge is -2.16.